The van der Waals surface area contributed by atoms with Crippen LogP contribution in [0.2, 0.25) is 5.02 Å². The molecule has 0 saturated carbocycles. The summed E-state index contributed by atoms with van der Waals surface area (Å²) in [5, 5.41) is -0.154. The number of rotatable bonds is 9. The molecule has 0 unspecified atom stereocenters. The number of ether oxygens (including phenoxy) is 2. The van der Waals surface area contributed by atoms with Crippen molar-refractivity contribution in [3.8, 4) is 5.75 Å². The van der Waals surface area contributed by atoms with Crippen LogP contribution in [0.5, 0.6) is 5.75 Å². The standard InChI is InChI=1S/C18H23ClO6S/c1-6-24-10-13(16(20)11(3)4)17(21)12-8-9-14(26(5,22)23)18(15(12)19)25-7-2/h8-11H,6-7H2,1-5H3/b13-10-. The summed E-state index contributed by atoms with van der Waals surface area (Å²) in [6.45, 7) is 7.16. The third-order valence-electron chi connectivity index (χ3n) is 3.40. The van der Waals surface area contributed by atoms with Crippen LogP contribution in [0.25, 0.3) is 0 Å². The summed E-state index contributed by atoms with van der Waals surface area (Å²) in [6.07, 6.45) is 2.14. The lowest BCUT2D eigenvalue weighted by Gasteiger charge is -2.15. The zero-order valence-electron chi connectivity index (χ0n) is 15.5. The molecule has 0 heterocycles. The number of hydrogen-bond donors (Lipinski definition) is 0. The van der Waals surface area contributed by atoms with E-state index in [1.165, 1.54) is 12.1 Å². The van der Waals surface area contributed by atoms with Crippen LogP contribution in [-0.4, -0.2) is 39.5 Å². The predicted octanol–water partition coefficient (Wildman–Crippen LogP) is 3.47. The van der Waals surface area contributed by atoms with Gasteiger partial charge in [-0.05, 0) is 26.0 Å². The summed E-state index contributed by atoms with van der Waals surface area (Å²) in [7, 11) is -3.61. The average molecular weight is 403 g/mol. The Morgan fingerprint density at radius 3 is 2.27 bits per heavy atom. The zero-order chi connectivity index (χ0) is 20.1. The molecule has 6 nitrogen and oxygen atoms in total. The number of halogens is 1. The summed E-state index contributed by atoms with van der Waals surface area (Å²) in [5.41, 5.74) is -0.180. The molecule has 0 spiro atoms. The molecule has 1 rings (SSSR count). The monoisotopic (exact) mass is 402 g/mol. The van der Waals surface area contributed by atoms with E-state index in [1.54, 1.807) is 27.7 Å². The number of benzene rings is 1. The third-order valence-corrected chi connectivity index (χ3v) is 4.89. The van der Waals surface area contributed by atoms with Crippen molar-refractivity contribution in [1.82, 2.24) is 0 Å². The summed E-state index contributed by atoms with van der Waals surface area (Å²) < 4.78 is 34.3. The van der Waals surface area contributed by atoms with Crippen molar-refractivity contribution in [1.29, 1.82) is 0 Å². The largest absolute Gasteiger partial charge is 0.501 e. The number of Topliss-reactive ketones (excluding diaryl/α,β-unsaturated/α-hetero) is 2. The Bertz CT molecular complexity index is 824. The molecular formula is C18H23ClO6S. The highest BCUT2D eigenvalue weighted by molar-refractivity contribution is 7.90. The van der Waals surface area contributed by atoms with Crippen LogP contribution < -0.4 is 4.74 Å². The molecule has 8 heteroatoms. The van der Waals surface area contributed by atoms with Crippen LogP contribution in [0.1, 0.15) is 38.1 Å². The molecule has 0 fully saturated rings. The first-order valence-electron chi connectivity index (χ1n) is 8.12. The lowest BCUT2D eigenvalue weighted by atomic mass is 9.95. The number of sulfone groups is 1. The van der Waals surface area contributed by atoms with E-state index in [2.05, 4.69) is 0 Å². The molecule has 0 amide bonds. The molecule has 0 atom stereocenters. The van der Waals surface area contributed by atoms with Gasteiger partial charge in [0.15, 0.2) is 21.4 Å². The molecule has 0 N–H and O–H groups in total. The molecule has 0 aromatic heterocycles. The number of hydrogen-bond acceptors (Lipinski definition) is 6. The van der Waals surface area contributed by atoms with Gasteiger partial charge in [0, 0.05) is 17.7 Å². The van der Waals surface area contributed by atoms with Crippen LogP contribution in [0.3, 0.4) is 0 Å². The maximum atomic E-state index is 12.9. The quantitative estimate of drug-likeness (QED) is 0.206. The molecule has 0 saturated heterocycles. The maximum Gasteiger partial charge on any atom is 0.201 e. The van der Waals surface area contributed by atoms with E-state index in [1.807, 2.05) is 0 Å². The Kier molecular flexibility index (Phi) is 7.84. The van der Waals surface area contributed by atoms with E-state index >= 15 is 0 Å². The van der Waals surface area contributed by atoms with Gasteiger partial charge in [-0.3, -0.25) is 9.59 Å². The molecule has 0 radical (unpaired) electrons. The Labute approximate surface area is 159 Å². The van der Waals surface area contributed by atoms with E-state index in [4.69, 9.17) is 21.1 Å². The molecule has 0 aliphatic carbocycles. The van der Waals surface area contributed by atoms with Gasteiger partial charge in [0.2, 0.25) is 5.78 Å². The van der Waals surface area contributed by atoms with Crippen molar-refractivity contribution < 1.29 is 27.5 Å². The van der Waals surface area contributed by atoms with E-state index in [0.29, 0.717) is 0 Å². The highest BCUT2D eigenvalue weighted by Gasteiger charge is 2.28. The topological polar surface area (TPSA) is 86.7 Å². The van der Waals surface area contributed by atoms with Crippen LogP contribution in [-0.2, 0) is 19.4 Å². The Morgan fingerprint density at radius 1 is 1.19 bits per heavy atom. The number of ketones is 2. The molecular weight excluding hydrogens is 380 g/mol. The van der Waals surface area contributed by atoms with Gasteiger partial charge in [-0.2, -0.15) is 0 Å². The lowest BCUT2D eigenvalue weighted by molar-refractivity contribution is -0.118. The summed E-state index contributed by atoms with van der Waals surface area (Å²) in [4.78, 5) is 25.1. The summed E-state index contributed by atoms with van der Waals surface area (Å²) >= 11 is 6.27. The number of allylic oxidation sites excluding steroid dienone is 1. The van der Waals surface area contributed by atoms with Gasteiger partial charge >= 0.3 is 0 Å². The first-order chi connectivity index (χ1) is 12.1. The molecule has 26 heavy (non-hydrogen) atoms. The fraction of sp³-hybridized carbons (Fsp3) is 0.444. The van der Waals surface area contributed by atoms with Crippen LogP contribution in [0, 0.1) is 5.92 Å². The Balaban J connectivity index is 3.56. The second-order valence-electron chi connectivity index (χ2n) is 5.79. The lowest BCUT2D eigenvalue weighted by Crippen LogP contribution is -2.19. The smallest absolute Gasteiger partial charge is 0.201 e. The fourth-order valence-electron chi connectivity index (χ4n) is 2.13. The van der Waals surface area contributed by atoms with Gasteiger partial charge in [-0.1, -0.05) is 25.4 Å². The minimum Gasteiger partial charge on any atom is -0.501 e. The van der Waals surface area contributed by atoms with Crippen LogP contribution in [0.15, 0.2) is 28.9 Å². The molecule has 1 aromatic carbocycles. The van der Waals surface area contributed by atoms with Crippen molar-refractivity contribution >= 4 is 33.0 Å². The number of carbonyl (C=O) groups excluding carboxylic acids is 2. The summed E-state index contributed by atoms with van der Waals surface area (Å²) in [5.74, 6) is -1.57. The Morgan fingerprint density at radius 2 is 1.81 bits per heavy atom. The van der Waals surface area contributed by atoms with Gasteiger partial charge in [-0.15, -0.1) is 0 Å². The van der Waals surface area contributed by atoms with Gasteiger partial charge in [-0.25, -0.2) is 8.42 Å². The van der Waals surface area contributed by atoms with Crippen LogP contribution >= 0.6 is 11.6 Å². The summed E-state index contributed by atoms with van der Waals surface area (Å²) in [6, 6.07) is 2.52. The SMILES string of the molecule is CCO/C=C(\C(=O)c1ccc(S(C)(=O)=O)c(OCC)c1Cl)C(=O)C(C)C. The van der Waals surface area contributed by atoms with Crippen molar-refractivity contribution in [3.63, 3.8) is 0 Å². The molecule has 0 aliphatic rings. The first-order valence-corrected chi connectivity index (χ1v) is 10.4. The minimum atomic E-state index is -3.61. The molecule has 0 bridgehead atoms. The van der Waals surface area contributed by atoms with E-state index < -0.39 is 27.3 Å². The Hall–Kier alpha value is -1.86. The normalized spacial score (nSPS) is 12.2. The predicted molar refractivity (Wildman–Crippen MR) is 99.6 cm³/mol. The van der Waals surface area contributed by atoms with Crippen molar-refractivity contribution in [2.24, 2.45) is 5.92 Å². The molecule has 0 aliphatic heterocycles. The molecule has 1 aromatic rings. The molecule has 144 valence electrons. The number of carbonyl (C=O) groups is 2. The zero-order valence-corrected chi connectivity index (χ0v) is 17.0. The van der Waals surface area contributed by atoms with Gasteiger partial charge in [0.25, 0.3) is 0 Å². The minimum absolute atomic E-state index is 0.0255. The second-order valence-corrected chi connectivity index (χ2v) is 8.16. The van der Waals surface area contributed by atoms with Crippen molar-refractivity contribution in [2.75, 3.05) is 19.5 Å². The third kappa shape index (κ3) is 5.08. The highest BCUT2D eigenvalue weighted by Crippen LogP contribution is 2.36. The van der Waals surface area contributed by atoms with Gasteiger partial charge in [0.1, 0.15) is 10.5 Å². The average Bonchev–Trinajstić information content (AvgIpc) is 2.55. The van der Waals surface area contributed by atoms with Gasteiger partial charge < -0.3 is 9.47 Å². The first kappa shape index (κ1) is 22.2. The van der Waals surface area contributed by atoms with E-state index in [9.17, 15) is 18.0 Å². The van der Waals surface area contributed by atoms with Gasteiger partial charge in [0.05, 0.1) is 24.5 Å². The van der Waals surface area contributed by atoms with E-state index in [-0.39, 0.29) is 40.0 Å². The van der Waals surface area contributed by atoms with E-state index in [0.717, 1.165) is 12.5 Å². The van der Waals surface area contributed by atoms with Crippen LogP contribution in [0.4, 0.5) is 0 Å². The van der Waals surface area contributed by atoms with Crippen molar-refractivity contribution in [2.45, 2.75) is 32.6 Å². The fourth-order valence-corrected chi connectivity index (χ4v) is 3.30. The van der Waals surface area contributed by atoms with Crippen molar-refractivity contribution in [3.05, 3.63) is 34.6 Å². The highest BCUT2D eigenvalue weighted by atomic mass is 35.5. The maximum absolute atomic E-state index is 12.9. The second kappa shape index (κ2) is 9.19.